The Labute approximate surface area is 127 Å². The summed E-state index contributed by atoms with van der Waals surface area (Å²) in [5.41, 5.74) is 1.74. The molecule has 1 heterocycles. The van der Waals surface area contributed by atoms with Crippen molar-refractivity contribution in [2.75, 3.05) is 13.7 Å². The topological polar surface area (TPSA) is 104 Å². The fraction of sp³-hybridized carbons (Fsp3) is 0.538. The van der Waals surface area contributed by atoms with E-state index in [1.807, 2.05) is 0 Å². The molecule has 7 nitrogen and oxygen atoms in total. The molecule has 0 bridgehead atoms. The number of alkyl carbamates (subject to hydrolysis) is 1. The predicted molar refractivity (Wildman–Crippen MR) is 80.1 cm³/mol. The van der Waals surface area contributed by atoms with Crippen LogP contribution in [0.3, 0.4) is 0 Å². The van der Waals surface area contributed by atoms with Crippen LogP contribution in [0.1, 0.15) is 37.3 Å². The van der Waals surface area contributed by atoms with Crippen molar-refractivity contribution in [2.45, 2.75) is 32.4 Å². The van der Waals surface area contributed by atoms with Crippen molar-refractivity contribution in [2.24, 2.45) is 0 Å². The van der Waals surface area contributed by atoms with Crippen LogP contribution in [0.2, 0.25) is 0 Å². The quantitative estimate of drug-likeness (QED) is 0.379. The van der Waals surface area contributed by atoms with Crippen LogP contribution in [0, 0.1) is 5.41 Å². The molecule has 0 fully saturated rings. The minimum absolute atomic E-state index is 0.106. The second-order valence-electron chi connectivity index (χ2n) is 5.38. The Morgan fingerprint density at radius 2 is 2.19 bits per heavy atom. The molecule has 21 heavy (non-hydrogen) atoms. The molecule has 0 spiro atoms. The number of nitrogens with one attached hydrogen (secondary N) is 3. The summed E-state index contributed by atoms with van der Waals surface area (Å²) < 4.78 is 10.3. The molecule has 0 aliphatic heterocycles. The molecule has 1 aromatic heterocycles. The summed E-state index contributed by atoms with van der Waals surface area (Å²) in [6.45, 7) is 5.64. The smallest absolute Gasteiger partial charge is 0.408 e. The molecule has 1 aromatic rings. The summed E-state index contributed by atoms with van der Waals surface area (Å²) in [5, 5.41) is 20.7. The average Bonchev–Trinajstić information content (AvgIpc) is 2.84. The van der Waals surface area contributed by atoms with E-state index in [2.05, 4.69) is 5.32 Å². The number of amidine groups is 1. The monoisotopic (exact) mass is 315 g/mol. The molecule has 1 atom stereocenters. The number of hydrogen-bond acceptors (Lipinski definition) is 6. The van der Waals surface area contributed by atoms with E-state index in [0.717, 1.165) is 4.88 Å². The van der Waals surface area contributed by atoms with Crippen LogP contribution in [0.4, 0.5) is 4.79 Å². The highest BCUT2D eigenvalue weighted by atomic mass is 32.1. The summed E-state index contributed by atoms with van der Waals surface area (Å²) in [4.78, 5) is 12.6. The minimum Gasteiger partial charge on any atom is -0.444 e. The van der Waals surface area contributed by atoms with E-state index in [9.17, 15) is 4.79 Å². The Morgan fingerprint density at radius 1 is 1.52 bits per heavy atom. The first kappa shape index (κ1) is 17.4. The second kappa shape index (κ2) is 7.39. The third-order valence-electron chi connectivity index (χ3n) is 2.39. The molecule has 4 N–H and O–H groups in total. The van der Waals surface area contributed by atoms with Gasteiger partial charge in [-0.15, -0.1) is 11.3 Å². The number of methoxy groups -OCH3 is 1. The maximum Gasteiger partial charge on any atom is 0.408 e. The number of ether oxygens (including phenoxy) is 2. The van der Waals surface area contributed by atoms with Gasteiger partial charge in [-0.3, -0.25) is 16.1 Å². The highest BCUT2D eigenvalue weighted by molar-refractivity contribution is 7.10. The van der Waals surface area contributed by atoms with E-state index < -0.39 is 11.7 Å². The van der Waals surface area contributed by atoms with Gasteiger partial charge in [0.15, 0.2) is 0 Å². The Kier molecular flexibility index (Phi) is 6.13. The van der Waals surface area contributed by atoms with E-state index >= 15 is 0 Å². The van der Waals surface area contributed by atoms with Crippen molar-refractivity contribution in [1.29, 1.82) is 5.41 Å². The Hall–Kier alpha value is -1.64. The van der Waals surface area contributed by atoms with Gasteiger partial charge in [0.2, 0.25) is 0 Å². The lowest BCUT2D eigenvalue weighted by molar-refractivity contribution is 0.0469. The normalized spacial score (nSPS) is 12.6. The molecule has 1 amide bonds. The van der Waals surface area contributed by atoms with Gasteiger partial charge in [-0.2, -0.15) is 0 Å². The van der Waals surface area contributed by atoms with Crippen molar-refractivity contribution in [3.63, 3.8) is 0 Å². The highest BCUT2D eigenvalue weighted by Gasteiger charge is 2.22. The van der Waals surface area contributed by atoms with E-state index in [1.165, 1.54) is 18.4 Å². The number of hydrogen-bond donors (Lipinski definition) is 4. The molecule has 8 heteroatoms. The second-order valence-corrected chi connectivity index (χ2v) is 6.32. The van der Waals surface area contributed by atoms with Gasteiger partial charge < -0.3 is 14.8 Å². The Morgan fingerprint density at radius 3 is 2.71 bits per heavy atom. The van der Waals surface area contributed by atoms with Gasteiger partial charge in [0, 0.05) is 22.9 Å². The Bertz CT molecular complexity index is 496. The molecule has 0 radical (unpaired) electrons. The zero-order chi connectivity index (χ0) is 16.0. The van der Waals surface area contributed by atoms with Crippen LogP contribution in [0.5, 0.6) is 0 Å². The van der Waals surface area contributed by atoms with Gasteiger partial charge in [0.1, 0.15) is 11.4 Å². The third kappa shape index (κ3) is 5.70. The van der Waals surface area contributed by atoms with Gasteiger partial charge in [-0.05, 0) is 26.8 Å². The van der Waals surface area contributed by atoms with Crippen LogP contribution in [-0.2, 0) is 9.47 Å². The molecule has 1 unspecified atom stereocenters. The third-order valence-corrected chi connectivity index (χ3v) is 3.43. The lowest BCUT2D eigenvalue weighted by atomic mass is 10.2. The number of rotatable bonds is 5. The first-order valence-electron chi connectivity index (χ1n) is 6.32. The zero-order valence-electron chi connectivity index (χ0n) is 12.5. The molecule has 0 aliphatic carbocycles. The Balaban J connectivity index is 2.79. The summed E-state index contributed by atoms with van der Waals surface area (Å²) in [6.07, 6.45) is -0.533. The largest absolute Gasteiger partial charge is 0.444 e. The van der Waals surface area contributed by atoms with E-state index in [1.54, 1.807) is 37.7 Å². The van der Waals surface area contributed by atoms with Crippen LogP contribution in [-0.4, -0.2) is 36.5 Å². The lowest BCUT2D eigenvalue weighted by Gasteiger charge is -2.22. The van der Waals surface area contributed by atoms with Crippen molar-refractivity contribution >= 4 is 23.3 Å². The first-order valence-corrected chi connectivity index (χ1v) is 7.20. The molecule has 0 saturated heterocycles. The van der Waals surface area contributed by atoms with Gasteiger partial charge in [-0.1, -0.05) is 0 Å². The van der Waals surface area contributed by atoms with Crippen LogP contribution in [0.25, 0.3) is 0 Å². The van der Waals surface area contributed by atoms with E-state index in [4.69, 9.17) is 20.1 Å². The SMILES string of the molecule is COCC(NC(=O)OC(C)(C)C)c1cc(C(=N)NO)cs1. The number of amides is 1. The molecule has 0 aromatic carbocycles. The van der Waals surface area contributed by atoms with E-state index in [-0.39, 0.29) is 18.5 Å². The summed E-state index contributed by atoms with van der Waals surface area (Å²) in [6, 6.07) is 1.33. The maximum absolute atomic E-state index is 11.8. The van der Waals surface area contributed by atoms with Crippen molar-refractivity contribution in [3.05, 3.63) is 21.9 Å². The fourth-order valence-electron chi connectivity index (χ4n) is 1.54. The molecule has 118 valence electrons. The van der Waals surface area contributed by atoms with Gasteiger partial charge in [-0.25, -0.2) is 4.79 Å². The summed E-state index contributed by atoms with van der Waals surface area (Å²) >= 11 is 1.36. The average molecular weight is 315 g/mol. The molecule has 0 saturated carbocycles. The standard InChI is InChI=1S/C13H21N3O4S/c1-13(2,3)20-12(17)15-9(6-19-4)10-5-8(7-21-10)11(14)16-18/h5,7,9,18H,6H2,1-4H3,(H2,14,16)(H,15,17). The minimum atomic E-state index is -0.578. The van der Waals surface area contributed by atoms with Crippen LogP contribution in [0.15, 0.2) is 11.4 Å². The molecule has 0 aliphatic rings. The zero-order valence-corrected chi connectivity index (χ0v) is 13.3. The highest BCUT2D eigenvalue weighted by Crippen LogP contribution is 2.23. The summed E-state index contributed by atoms with van der Waals surface area (Å²) in [7, 11) is 1.54. The first-order chi connectivity index (χ1) is 9.76. The van der Waals surface area contributed by atoms with Crippen molar-refractivity contribution in [3.8, 4) is 0 Å². The number of carbonyl (C=O) groups excluding carboxylic acids is 1. The number of carbonyl (C=O) groups is 1. The van der Waals surface area contributed by atoms with E-state index in [0.29, 0.717) is 5.56 Å². The van der Waals surface area contributed by atoms with Gasteiger partial charge >= 0.3 is 6.09 Å². The lowest BCUT2D eigenvalue weighted by Crippen LogP contribution is -2.36. The van der Waals surface area contributed by atoms with Crippen molar-refractivity contribution < 1.29 is 19.5 Å². The van der Waals surface area contributed by atoms with Crippen LogP contribution < -0.4 is 10.8 Å². The molecular formula is C13H21N3O4S. The predicted octanol–water partition coefficient (Wildman–Crippen LogP) is 2.26. The maximum atomic E-state index is 11.8. The van der Waals surface area contributed by atoms with Crippen molar-refractivity contribution in [1.82, 2.24) is 10.8 Å². The molecular weight excluding hydrogens is 294 g/mol. The van der Waals surface area contributed by atoms with Gasteiger partial charge in [0.05, 0.1) is 12.6 Å². The summed E-state index contributed by atoms with van der Waals surface area (Å²) in [5.74, 6) is -0.106. The van der Waals surface area contributed by atoms with Crippen LogP contribution >= 0.6 is 11.3 Å². The fourth-order valence-corrected chi connectivity index (χ4v) is 2.48. The number of hydroxylamine groups is 1. The van der Waals surface area contributed by atoms with Gasteiger partial charge in [0.25, 0.3) is 0 Å². The molecule has 1 rings (SSSR count). The number of thiophene rings is 1.